The maximum atomic E-state index is 9.05. The van der Waals surface area contributed by atoms with Crippen LogP contribution in [0.5, 0.6) is 0 Å². The summed E-state index contributed by atoms with van der Waals surface area (Å²) in [5, 5.41) is 9.05. The van der Waals surface area contributed by atoms with E-state index in [4.69, 9.17) is 14.6 Å². The fourth-order valence-electron chi connectivity index (χ4n) is 2.61. The molecule has 0 aromatic rings. The Hall–Kier alpha value is -1.00. The maximum absolute atomic E-state index is 9.05. The minimum atomic E-state index is -0.629. The van der Waals surface area contributed by atoms with Gasteiger partial charge in [-0.05, 0) is 39.0 Å². The third kappa shape index (κ3) is 7.85. The van der Waals surface area contributed by atoms with E-state index < -0.39 is 11.9 Å². The van der Waals surface area contributed by atoms with Gasteiger partial charge in [-0.2, -0.15) is 0 Å². The lowest BCUT2D eigenvalue weighted by molar-refractivity contribution is -0.146. The molecule has 0 amide bonds. The summed E-state index contributed by atoms with van der Waals surface area (Å²) in [7, 11) is 0. The molecule has 0 aliphatic carbocycles. The number of rotatable bonds is 7. The van der Waals surface area contributed by atoms with Crippen molar-refractivity contribution in [2.24, 2.45) is 0 Å². The normalized spacial score (nSPS) is 24.0. The molecule has 0 bridgehead atoms. The summed E-state index contributed by atoms with van der Waals surface area (Å²) >= 11 is 0. The molecule has 3 heteroatoms. The monoisotopic (exact) mass is 306 g/mol. The van der Waals surface area contributed by atoms with Crippen LogP contribution < -0.4 is 0 Å². The first-order valence-corrected chi connectivity index (χ1v) is 8.46. The summed E-state index contributed by atoms with van der Waals surface area (Å²) in [4.78, 5) is 0. The van der Waals surface area contributed by atoms with Gasteiger partial charge in [0.25, 0.3) is 0 Å². The van der Waals surface area contributed by atoms with Crippen LogP contribution in [0.1, 0.15) is 72.6 Å². The van der Waals surface area contributed by atoms with Gasteiger partial charge >= 0.3 is 0 Å². The fraction of sp³-hybridized carbons (Fsp3) is 0.789. The molecule has 3 atom stereocenters. The molecule has 0 radical (unpaired) electrons. The number of hydrogen-bond acceptors (Lipinski definition) is 3. The van der Waals surface area contributed by atoms with Crippen LogP contribution in [0.15, 0.2) is 0 Å². The second kappa shape index (κ2) is 9.90. The van der Waals surface area contributed by atoms with Gasteiger partial charge in [0.15, 0.2) is 5.79 Å². The third-order valence-corrected chi connectivity index (χ3v) is 3.61. The lowest BCUT2D eigenvalue weighted by Crippen LogP contribution is -2.21. The van der Waals surface area contributed by atoms with E-state index in [0.717, 1.165) is 6.42 Å². The summed E-state index contributed by atoms with van der Waals surface area (Å²) in [5.41, 5.74) is 0. The summed E-state index contributed by atoms with van der Waals surface area (Å²) in [6.07, 6.45) is 7.46. The third-order valence-electron chi connectivity index (χ3n) is 3.61. The van der Waals surface area contributed by atoms with Crippen LogP contribution in [0.3, 0.4) is 0 Å². The summed E-state index contributed by atoms with van der Waals surface area (Å²) in [6, 6.07) is 0. The average Bonchev–Trinajstić information content (AvgIpc) is 2.72. The molecule has 124 valence electrons. The summed E-state index contributed by atoms with van der Waals surface area (Å²) < 4.78 is 11.9. The van der Waals surface area contributed by atoms with E-state index >= 15 is 0 Å². The van der Waals surface area contributed by atoms with E-state index in [-0.39, 0.29) is 12.2 Å². The Labute approximate surface area is 135 Å². The predicted octanol–water partition coefficient (Wildman–Crippen LogP) is 3.64. The molecule has 3 unspecified atom stereocenters. The number of unbranched alkanes of at least 4 members (excludes halogenated alkanes) is 4. The first-order chi connectivity index (χ1) is 10.4. The van der Waals surface area contributed by atoms with Gasteiger partial charge < -0.3 is 14.6 Å². The van der Waals surface area contributed by atoms with Crippen LogP contribution in [0.4, 0.5) is 0 Å². The van der Waals surface area contributed by atoms with E-state index in [2.05, 4.69) is 30.6 Å². The lowest BCUT2D eigenvalue weighted by atomic mass is 10.0. The van der Waals surface area contributed by atoms with Gasteiger partial charge in [-0.25, -0.2) is 0 Å². The van der Waals surface area contributed by atoms with Crippen molar-refractivity contribution in [1.82, 2.24) is 0 Å². The Morgan fingerprint density at radius 2 is 1.73 bits per heavy atom. The maximum Gasteiger partial charge on any atom is 0.163 e. The van der Waals surface area contributed by atoms with E-state index in [1.807, 2.05) is 13.8 Å². The topological polar surface area (TPSA) is 38.7 Å². The van der Waals surface area contributed by atoms with Gasteiger partial charge in [0, 0.05) is 6.42 Å². The highest BCUT2D eigenvalue weighted by molar-refractivity contribution is 5.27. The van der Waals surface area contributed by atoms with Crippen LogP contribution >= 0.6 is 0 Å². The van der Waals surface area contributed by atoms with Crippen LogP contribution in [-0.4, -0.2) is 29.2 Å². The number of aliphatic hydroxyl groups is 1. The highest BCUT2D eigenvalue weighted by atomic mass is 16.7. The van der Waals surface area contributed by atoms with E-state index in [0.29, 0.717) is 6.42 Å². The SMILES string of the molecule is CCCCCCCC1OC(C)(C)OC1CC#CC#CC(C)O. The summed E-state index contributed by atoms with van der Waals surface area (Å²) in [5.74, 6) is 10.5. The van der Waals surface area contributed by atoms with Crippen molar-refractivity contribution < 1.29 is 14.6 Å². The van der Waals surface area contributed by atoms with E-state index in [1.54, 1.807) is 6.92 Å². The van der Waals surface area contributed by atoms with E-state index in [1.165, 1.54) is 32.1 Å². The van der Waals surface area contributed by atoms with Crippen LogP contribution in [-0.2, 0) is 9.47 Å². The molecule has 3 nitrogen and oxygen atoms in total. The average molecular weight is 306 g/mol. The smallest absolute Gasteiger partial charge is 0.163 e. The highest BCUT2D eigenvalue weighted by Crippen LogP contribution is 2.32. The van der Waals surface area contributed by atoms with Crippen LogP contribution in [0, 0.1) is 23.7 Å². The molecule has 1 N–H and O–H groups in total. The second-order valence-electron chi connectivity index (χ2n) is 6.37. The van der Waals surface area contributed by atoms with Crippen molar-refractivity contribution >= 4 is 0 Å². The Bertz CT molecular complexity index is 431. The molecular weight excluding hydrogens is 276 g/mol. The fourth-order valence-corrected chi connectivity index (χ4v) is 2.61. The second-order valence-corrected chi connectivity index (χ2v) is 6.37. The molecule has 1 heterocycles. The molecule has 1 aliphatic heterocycles. The van der Waals surface area contributed by atoms with Crippen LogP contribution in [0.2, 0.25) is 0 Å². The van der Waals surface area contributed by atoms with Crippen molar-refractivity contribution in [1.29, 1.82) is 0 Å². The van der Waals surface area contributed by atoms with Crippen molar-refractivity contribution in [2.45, 2.75) is 96.7 Å². The minimum Gasteiger partial charge on any atom is -0.381 e. The first-order valence-electron chi connectivity index (χ1n) is 8.46. The molecule has 1 fully saturated rings. The minimum absolute atomic E-state index is 0.0158. The number of aliphatic hydroxyl groups excluding tert-OH is 1. The highest BCUT2D eigenvalue weighted by Gasteiger charge is 2.40. The molecule has 0 spiro atoms. The van der Waals surface area contributed by atoms with Gasteiger partial charge in [0.2, 0.25) is 0 Å². The quantitative estimate of drug-likeness (QED) is 0.576. The van der Waals surface area contributed by atoms with Crippen molar-refractivity contribution in [3.8, 4) is 23.7 Å². The Balaban J connectivity index is 2.42. The van der Waals surface area contributed by atoms with Crippen LogP contribution in [0.25, 0.3) is 0 Å². The molecular formula is C19H30O3. The van der Waals surface area contributed by atoms with Gasteiger partial charge in [-0.15, -0.1) is 0 Å². The zero-order valence-corrected chi connectivity index (χ0v) is 14.4. The Morgan fingerprint density at radius 3 is 2.41 bits per heavy atom. The van der Waals surface area contributed by atoms with Crippen molar-refractivity contribution in [3.63, 3.8) is 0 Å². The zero-order chi connectivity index (χ0) is 16.4. The lowest BCUT2D eigenvalue weighted by Gasteiger charge is -2.16. The number of ether oxygens (including phenoxy) is 2. The largest absolute Gasteiger partial charge is 0.381 e. The predicted molar refractivity (Wildman–Crippen MR) is 89.1 cm³/mol. The molecule has 0 aromatic carbocycles. The molecule has 0 aromatic heterocycles. The zero-order valence-electron chi connectivity index (χ0n) is 14.4. The summed E-state index contributed by atoms with van der Waals surface area (Å²) in [6.45, 7) is 7.76. The number of hydrogen-bond donors (Lipinski definition) is 1. The van der Waals surface area contributed by atoms with Gasteiger partial charge in [0.05, 0.1) is 12.2 Å². The molecule has 1 aliphatic rings. The van der Waals surface area contributed by atoms with Gasteiger partial charge in [0.1, 0.15) is 6.10 Å². The Kier molecular flexibility index (Phi) is 8.57. The molecule has 1 saturated heterocycles. The first kappa shape index (κ1) is 19.0. The Morgan fingerprint density at radius 1 is 1.05 bits per heavy atom. The standard InChI is InChI=1S/C19H30O3/c1-5-6-7-8-11-14-17-18(22-19(3,4)21-17)15-12-9-10-13-16(2)20/h16-18,20H,5-8,11,14-15H2,1-4H3. The molecule has 1 rings (SSSR count). The van der Waals surface area contributed by atoms with E-state index in [9.17, 15) is 0 Å². The van der Waals surface area contributed by atoms with Crippen molar-refractivity contribution in [3.05, 3.63) is 0 Å². The van der Waals surface area contributed by atoms with Gasteiger partial charge in [-0.1, -0.05) is 50.9 Å². The molecule has 0 saturated carbocycles. The van der Waals surface area contributed by atoms with Gasteiger partial charge in [-0.3, -0.25) is 0 Å². The molecule has 22 heavy (non-hydrogen) atoms. The van der Waals surface area contributed by atoms with Crippen molar-refractivity contribution in [2.75, 3.05) is 0 Å².